The molecule has 0 aliphatic heterocycles. The van der Waals surface area contributed by atoms with E-state index in [-0.39, 0.29) is 5.91 Å². The highest BCUT2D eigenvalue weighted by atomic mass is 16.5. The highest BCUT2D eigenvalue weighted by Crippen LogP contribution is 2.18. The Kier molecular flexibility index (Phi) is 6.24. The Hall–Kier alpha value is -2.49. The largest absolute Gasteiger partial charge is 0.492 e. The van der Waals surface area contributed by atoms with E-state index in [1.807, 2.05) is 57.2 Å². The average Bonchev–Trinajstić information content (AvgIpc) is 2.52. The monoisotopic (exact) mass is 327 g/mol. The average molecular weight is 327 g/mol. The van der Waals surface area contributed by atoms with Gasteiger partial charge < -0.3 is 14.8 Å². The third-order valence-corrected chi connectivity index (χ3v) is 3.63. The van der Waals surface area contributed by atoms with E-state index < -0.39 is 6.10 Å². The highest BCUT2D eigenvalue weighted by molar-refractivity contribution is 5.80. The fourth-order valence-corrected chi connectivity index (χ4v) is 2.44. The van der Waals surface area contributed by atoms with Crippen molar-refractivity contribution in [3.63, 3.8) is 0 Å². The third kappa shape index (κ3) is 5.30. The summed E-state index contributed by atoms with van der Waals surface area (Å²) >= 11 is 0. The van der Waals surface area contributed by atoms with Gasteiger partial charge in [0.05, 0.1) is 6.54 Å². The minimum atomic E-state index is -0.549. The van der Waals surface area contributed by atoms with E-state index in [2.05, 4.69) is 11.4 Å². The van der Waals surface area contributed by atoms with Crippen LogP contribution in [0.1, 0.15) is 23.6 Å². The van der Waals surface area contributed by atoms with E-state index >= 15 is 0 Å². The molecule has 0 fully saturated rings. The first-order valence-corrected chi connectivity index (χ1v) is 8.17. The number of hydrogen-bond acceptors (Lipinski definition) is 3. The van der Waals surface area contributed by atoms with Gasteiger partial charge in [-0.1, -0.05) is 24.3 Å². The maximum atomic E-state index is 12.1. The molecule has 1 N–H and O–H groups in total. The molecule has 2 rings (SSSR count). The van der Waals surface area contributed by atoms with Crippen LogP contribution in [0.3, 0.4) is 0 Å². The van der Waals surface area contributed by atoms with E-state index in [1.165, 1.54) is 0 Å². The van der Waals surface area contributed by atoms with Gasteiger partial charge in [-0.3, -0.25) is 4.79 Å². The summed E-state index contributed by atoms with van der Waals surface area (Å²) in [4.78, 5) is 12.1. The van der Waals surface area contributed by atoms with E-state index in [1.54, 1.807) is 6.92 Å². The molecule has 4 nitrogen and oxygen atoms in total. The Morgan fingerprint density at radius 2 is 1.75 bits per heavy atom. The molecule has 0 spiro atoms. The standard InChI is InChI=1S/C20H25NO3/c1-14-11-15(2)13-18(12-14)23-10-9-21-20(22)17(4)24-19-8-6-5-7-16(19)3/h5-8,11-13,17H,9-10H2,1-4H3,(H,21,22)/t17-/m0/s1. The van der Waals surface area contributed by atoms with Crippen molar-refractivity contribution in [3.8, 4) is 11.5 Å². The molecule has 0 radical (unpaired) electrons. The molecule has 0 saturated carbocycles. The first-order chi connectivity index (χ1) is 11.5. The molecule has 0 aliphatic rings. The number of benzene rings is 2. The second-order valence-electron chi connectivity index (χ2n) is 5.99. The lowest BCUT2D eigenvalue weighted by molar-refractivity contribution is -0.127. The van der Waals surface area contributed by atoms with Crippen molar-refractivity contribution in [1.29, 1.82) is 0 Å². The number of para-hydroxylation sites is 1. The second-order valence-corrected chi connectivity index (χ2v) is 5.99. The molecule has 128 valence electrons. The molecule has 24 heavy (non-hydrogen) atoms. The number of carbonyl (C=O) groups is 1. The lowest BCUT2D eigenvalue weighted by Gasteiger charge is -2.16. The van der Waals surface area contributed by atoms with Gasteiger partial charge in [0.2, 0.25) is 0 Å². The molecule has 0 bridgehead atoms. The molecular formula is C20H25NO3. The molecule has 0 aliphatic carbocycles. The van der Waals surface area contributed by atoms with Crippen LogP contribution in [-0.2, 0) is 4.79 Å². The predicted octanol–water partition coefficient (Wildman–Crippen LogP) is 3.57. The summed E-state index contributed by atoms with van der Waals surface area (Å²) in [7, 11) is 0. The summed E-state index contributed by atoms with van der Waals surface area (Å²) in [5.41, 5.74) is 3.33. The molecule has 0 heterocycles. The van der Waals surface area contributed by atoms with Gasteiger partial charge >= 0.3 is 0 Å². The van der Waals surface area contributed by atoms with Crippen molar-refractivity contribution in [1.82, 2.24) is 5.32 Å². The second kappa shape index (κ2) is 8.39. The zero-order valence-electron chi connectivity index (χ0n) is 14.8. The number of ether oxygens (including phenoxy) is 2. The fourth-order valence-electron chi connectivity index (χ4n) is 2.44. The Morgan fingerprint density at radius 1 is 1.08 bits per heavy atom. The maximum absolute atomic E-state index is 12.1. The molecular weight excluding hydrogens is 302 g/mol. The normalized spacial score (nSPS) is 11.7. The van der Waals surface area contributed by atoms with Gasteiger partial charge in [0, 0.05) is 0 Å². The summed E-state index contributed by atoms with van der Waals surface area (Å²) in [5, 5.41) is 2.83. The molecule has 1 amide bonds. The van der Waals surface area contributed by atoms with Gasteiger partial charge in [-0.15, -0.1) is 0 Å². The number of aryl methyl sites for hydroxylation is 3. The Balaban J connectivity index is 1.75. The van der Waals surface area contributed by atoms with Gasteiger partial charge in [0.15, 0.2) is 6.10 Å². The first kappa shape index (κ1) is 17.9. The zero-order chi connectivity index (χ0) is 17.5. The highest BCUT2D eigenvalue weighted by Gasteiger charge is 2.14. The molecule has 2 aromatic carbocycles. The van der Waals surface area contributed by atoms with Crippen LogP contribution in [0.15, 0.2) is 42.5 Å². The lowest BCUT2D eigenvalue weighted by Crippen LogP contribution is -2.38. The number of nitrogens with one attached hydrogen (secondary N) is 1. The van der Waals surface area contributed by atoms with Crippen LogP contribution in [-0.4, -0.2) is 25.2 Å². The Bertz CT molecular complexity index is 677. The minimum absolute atomic E-state index is 0.151. The number of rotatable bonds is 7. The van der Waals surface area contributed by atoms with E-state index in [9.17, 15) is 4.79 Å². The van der Waals surface area contributed by atoms with Crippen LogP contribution >= 0.6 is 0 Å². The van der Waals surface area contributed by atoms with Gasteiger partial charge in [-0.05, 0) is 62.6 Å². The molecule has 0 aromatic heterocycles. The van der Waals surface area contributed by atoms with Crippen molar-refractivity contribution in [3.05, 3.63) is 59.2 Å². The molecule has 1 atom stereocenters. The number of amides is 1. The molecule has 0 saturated heterocycles. The van der Waals surface area contributed by atoms with E-state index in [4.69, 9.17) is 9.47 Å². The van der Waals surface area contributed by atoms with Crippen molar-refractivity contribution in [2.75, 3.05) is 13.2 Å². The Morgan fingerprint density at radius 3 is 2.42 bits per heavy atom. The van der Waals surface area contributed by atoms with Crippen LogP contribution in [0, 0.1) is 20.8 Å². The lowest BCUT2D eigenvalue weighted by atomic mass is 10.1. The van der Waals surface area contributed by atoms with E-state index in [0.717, 1.165) is 28.2 Å². The van der Waals surface area contributed by atoms with Gasteiger partial charge in [0.25, 0.3) is 5.91 Å². The van der Waals surface area contributed by atoms with E-state index in [0.29, 0.717) is 13.2 Å². The summed E-state index contributed by atoms with van der Waals surface area (Å²) < 4.78 is 11.4. The molecule has 4 heteroatoms. The van der Waals surface area contributed by atoms with Crippen LogP contribution in [0.25, 0.3) is 0 Å². The summed E-state index contributed by atoms with van der Waals surface area (Å²) in [5.74, 6) is 1.40. The fraction of sp³-hybridized carbons (Fsp3) is 0.350. The van der Waals surface area contributed by atoms with Crippen LogP contribution in [0.2, 0.25) is 0 Å². The first-order valence-electron chi connectivity index (χ1n) is 8.17. The number of hydrogen-bond donors (Lipinski definition) is 1. The van der Waals surface area contributed by atoms with Crippen LogP contribution < -0.4 is 14.8 Å². The smallest absolute Gasteiger partial charge is 0.260 e. The molecule has 2 aromatic rings. The maximum Gasteiger partial charge on any atom is 0.260 e. The zero-order valence-corrected chi connectivity index (χ0v) is 14.8. The van der Waals surface area contributed by atoms with Crippen LogP contribution in [0.4, 0.5) is 0 Å². The van der Waals surface area contributed by atoms with Gasteiger partial charge in [-0.25, -0.2) is 0 Å². The summed E-state index contributed by atoms with van der Waals surface area (Å²) in [6.45, 7) is 8.63. The minimum Gasteiger partial charge on any atom is -0.492 e. The Labute approximate surface area is 143 Å². The van der Waals surface area contributed by atoms with Crippen molar-refractivity contribution < 1.29 is 14.3 Å². The predicted molar refractivity (Wildman–Crippen MR) is 95.7 cm³/mol. The van der Waals surface area contributed by atoms with Gasteiger partial charge in [-0.2, -0.15) is 0 Å². The van der Waals surface area contributed by atoms with Crippen molar-refractivity contribution >= 4 is 5.91 Å². The van der Waals surface area contributed by atoms with Crippen LogP contribution in [0.5, 0.6) is 11.5 Å². The molecule has 0 unspecified atom stereocenters. The topological polar surface area (TPSA) is 47.6 Å². The third-order valence-electron chi connectivity index (χ3n) is 3.63. The summed E-state index contributed by atoms with van der Waals surface area (Å²) in [6.07, 6.45) is -0.549. The van der Waals surface area contributed by atoms with Crippen molar-refractivity contribution in [2.24, 2.45) is 0 Å². The van der Waals surface area contributed by atoms with Gasteiger partial charge in [0.1, 0.15) is 18.1 Å². The summed E-state index contributed by atoms with van der Waals surface area (Å²) in [6, 6.07) is 13.7. The van der Waals surface area contributed by atoms with Crippen molar-refractivity contribution in [2.45, 2.75) is 33.8 Å². The SMILES string of the molecule is Cc1cc(C)cc(OCCNC(=O)[C@H](C)Oc2ccccc2C)c1. The number of carbonyl (C=O) groups excluding carboxylic acids is 1. The quantitative estimate of drug-likeness (QED) is 0.791.